The highest BCUT2D eigenvalue weighted by molar-refractivity contribution is 7.09. The molecular formula is C28H45NO3S. The number of hydrogen-bond donors (Lipinski definition) is 0. The van der Waals surface area contributed by atoms with Gasteiger partial charge in [0.15, 0.2) is 0 Å². The molecule has 1 aromatic rings. The molecular weight excluding hydrogens is 430 g/mol. The molecule has 0 bridgehead atoms. The Labute approximate surface area is 205 Å². The average Bonchev–Trinajstić information content (AvgIpc) is 3.17. The van der Waals surface area contributed by atoms with Gasteiger partial charge in [-0.3, -0.25) is 4.79 Å². The van der Waals surface area contributed by atoms with Crippen LogP contribution in [0.2, 0.25) is 0 Å². The van der Waals surface area contributed by atoms with Crippen LogP contribution in [0.4, 0.5) is 0 Å². The number of carbonyl (C=O) groups is 2. The standard InChI is InChI=1S/C28H45NO3S/c1-19(21(3)22(4)23(5)28(8,9)18-30)14-12-10-11-13-15-27(32-25(7)31)20(2)16-26-17-33-24(6)29-26/h11,13,16-19,21-23,27H,10,12,14-15H2,1-9H3/b13-11-,20-16+/t19-,21-,22+,23?,27?/m0/s1. The molecule has 5 atom stereocenters. The number of thiazole rings is 1. The zero-order chi connectivity index (χ0) is 25.2. The topological polar surface area (TPSA) is 56.3 Å². The highest BCUT2D eigenvalue weighted by atomic mass is 32.1. The minimum absolute atomic E-state index is 0.261. The molecule has 0 radical (unpaired) electrons. The maximum absolute atomic E-state index is 11.6. The van der Waals surface area contributed by atoms with Crippen LogP contribution in [0.25, 0.3) is 6.08 Å². The molecule has 4 nitrogen and oxygen atoms in total. The fourth-order valence-corrected chi connectivity index (χ4v) is 4.79. The van der Waals surface area contributed by atoms with E-state index in [0.717, 1.165) is 35.4 Å². The van der Waals surface area contributed by atoms with E-state index in [1.165, 1.54) is 13.3 Å². The zero-order valence-corrected chi connectivity index (χ0v) is 23.0. The van der Waals surface area contributed by atoms with Crippen molar-refractivity contribution in [1.29, 1.82) is 0 Å². The molecule has 0 aliphatic heterocycles. The number of hydrogen-bond acceptors (Lipinski definition) is 5. The summed E-state index contributed by atoms with van der Waals surface area (Å²) < 4.78 is 5.55. The van der Waals surface area contributed by atoms with Crippen LogP contribution in [0.5, 0.6) is 0 Å². The average molecular weight is 476 g/mol. The van der Waals surface area contributed by atoms with Crippen LogP contribution in [-0.2, 0) is 14.3 Å². The van der Waals surface area contributed by atoms with E-state index in [9.17, 15) is 9.59 Å². The number of carbonyl (C=O) groups excluding carboxylic acids is 2. The normalized spacial score (nSPS) is 17.4. The number of aldehydes is 1. The maximum Gasteiger partial charge on any atom is 0.303 e. The van der Waals surface area contributed by atoms with Crippen molar-refractivity contribution in [3.8, 4) is 0 Å². The first-order chi connectivity index (χ1) is 15.4. The second-order valence-electron chi connectivity index (χ2n) is 10.3. The second kappa shape index (κ2) is 13.8. The van der Waals surface area contributed by atoms with Gasteiger partial charge < -0.3 is 9.53 Å². The van der Waals surface area contributed by atoms with Crippen LogP contribution in [0.15, 0.2) is 23.1 Å². The summed E-state index contributed by atoms with van der Waals surface area (Å²) in [5, 5.41) is 3.04. The van der Waals surface area contributed by atoms with Crippen molar-refractivity contribution in [2.45, 2.75) is 94.1 Å². The molecule has 0 amide bonds. The van der Waals surface area contributed by atoms with Crippen molar-refractivity contribution in [2.75, 3.05) is 0 Å². The van der Waals surface area contributed by atoms with E-state index in [0.29, 0.717) is 30.1 Å². The molecule has 0 N–H and O–H groups in total. The van der Waals surface area contributed by atoms with Crippen molar-refractivity contribution in [3.05, 3.63) is 33.8 Å². The van der Waals surface area contributed by atoms with E-state index < -0.39 is 0 Å². The molecule has 5 heteroatoms. The molecule has 0 saturated carbocycles. The van der Waals surface area contributed by atoms with Crippen molar-refractivity contribution in [2.24, 2.45) is 29.1 Å². The molecule has 0 saturated heterocycles. The Morgan fingerprint density at radius 1 is 1.15 bits per heavy atom. The Morgan fingerprint density at radius 2 is 1.82 bits per heavy atom. The lowest BCUT2D eigenvalue weighted by atomic mass is 9.67. The molecule has 0 aromatic carbocycles. The van der Waals surface area contributed by atoms with Gasteiger partial charge >= 0.3 is 5.97 Å². The molecule has 186 valence electrons. The van der Waals surface area contributed by atoms with Crippen LogP contribution in [0.3, 0.4) is 0 Å². The molecule has 1 heterocycles. The van der Waals surface area contributed by atoms with E-state index in [2.05, 4.69) is 44.8 Å². The summed E-state index contributed by atoms with van der Waals surface area (Å²) in [5.74, 6) is 1.77. The van der Waals surface area contributed by atoms with Crippen LogP contribution in [0, 0.1) is 36.0 Å². The van der Waals surface area contributed by atoms with Crippen LogP contribution >= 0.6 is 11.3 Å². The third kappa shape index (κ3) is 9.95. The van der Waals surface area contributed by atoms with Gasteiger partial charge in [0.25, 0.3) is 0 Å². The lowest BCUT2D eigenvalue weighted by Gasteiger charge is -2.37. The first-order valence-electron chi connectivity index (χ1n) is 12.3. The Morgan fingerprint density at radius 3 is 2.36 bits per heavy atom. The lowest BCUT2D eigenvalue weighted by molar-refractivity contribution is -0.144. The number of rotatable bonds is 14. The van der Waals surface area contributed by atoms with E-state index in [-0.39, 0.29) is 17.5 Å². The van der Waals surface area contributed by atoms with Crippen molar-refractivity contribution < 1.29 is 14.3 Å². The monoisotopic (exact) mass is 475 g/mol. The Hall–Kier alpha value is -1.75. The number of aryl methyl sites for hydroxylation is 1. The molecule has 0 fully saturated rings. The van der Waals surface area contributed by atoms with Gasteiger partial charge in [-0.15, -0.1) is 11.3 Å². The Balaban J connectivity index is 2.54. The maximum atomic E-state index is 11.6. The minimum Gasteiger partial charge on any atom is -0.458 e. The number of nitrogens with zero attached hydrogens (tertiary/aromatic N) is 1. The number of ether oxygens (including phenoxy) is 1. The van der Waals surface area contributed by atoms with E-state index in [1.54, 1.807) is 11.3 Å². The molecule has 1 aromatic heterocycles. The summed E-state index contributed by atoms with van der Waals surface area (Å²) in [7, 11) is 0. The minimum atomic E-state index is -0.278. The highest BCUT2D eigenvalue weighted by Crippen LogP contribution is 2.37. The van der Waals surface area contributed by atoms with Gasteiger partial charge in [-0.2, -0.15) is 0 Å². The summed E-state index contributed by atoms with van der Waals surface area (Å²) in [6, 6.07) is 0. The molecule has 0 aliphatic carbocycles. The van der Waals surface area contributed by atoms with E-state index >= 15 is 0 Å². The highest BCUT2D eigenvalue weighted by Gasteiger charge is 2.33. The van der Waals surface area contributed by atoms with Gasteiger partial charge in [0, 0.05) is 24.1 Å². The third-order valence-electron chi connectivity index (χ3n) is 7.37. The van der Waals surface area contributed by atoms with Gasteiger partial charge in [-0.1, -0.05) is 60.1 Å². The Bertz CT molecular complexity index is 808. The van der Waals surface area contributed by atoms with Crippen molar-refractivity contribution >= 4 is 29.7 Å². The summed E-state index contributed by atoms with van der Waals surface area (Å²) in [6.45, 7) is 18.7. The predicted molar refractivity (Wildman–Crippen MR) is 140 cm³/mol. The van der Waals surface area contributed by atoms with E-state index in [4.69, 9.17) is 4.74 Å². The van der Waals surface area contributed by atoms with Gasteiger partial charge in [-0.25, -0.2) is 4.98 Å². The smallest absolute Gasteiger partial charge is 0.303 e. The predicted octanol–water partition coefficient (Wildman–Crippen LogP) is 7.67. The summed E-state index contributed by atoms with van der Waals surface area (Å²) in [5.41, 5.74) is 1.64. The quantitative estimate of drug-likeness (QED) is 0.120. The van der Waals surface area contributed by atoms with Crippen molar-refractivity contribution in [1.82, 2.24) is 4.98 Å². The van der Waals surface area contributed by atoms with Crippen LogP contribution in [-0.4, -0.2) is 23.3 Å². The zero-order valence-electron chi connectivity index (χ0n) is 22.2. The van der Waals surface area contributed by atoms with Crippen molar-refractivity contribution in [3.63, 3.8) is 0 Å². The first-order valence-corrected chi connectivity index (χ1v) is 13.2. The summed E-state index contributed by atoms with van der Waals surface area (Å²) in [6.07, 6.45) is 11.2. The largest absolute Gasteiger partial charge is 0.458 e. The molecule has 33 heavy (non-hydrogen) atoms. The first kappa shape index (κ1) is 29.3. The fraction of sp³-hybridized carbons (Fsp3) is 0.679. The number of unbranched alkanes of at least 4 members (excludes halogenated alkanes) is 1. The van der Waals surface area contributed by atoms with Crippen LogP contribution in [0.1, 0.15) is 91.8 Å². The molecule has 0 aliphatic rings. The number of esters is 1. The van der Waals surface area contributed by atoms with Gasteiger partial charge in [0.1, 0.15) is 12.4 Å². The van der Waals surface area contributed by atoms with E-state index in [1.807, 2.05) is 39.2 Å². The van der Waals surface area contributed by atoms with Crippen LogP contribution < -0.4 is 0 Å². The fourth-order valence-electron chi connectivity index (χ4n) is 4.22. The molecule has 0 spiro atoms. The Kier molecular flexibility index (Phi) is 12.3. The summed E-state index contributed by atoms with van der Waals surface area (Å²) >= 11 is 1.62. The van der Waals surface area contributed by atoms with Gasteiger partial charge in [0.05, 0.1) is 10.7 Å². The lowest BCUT2D eigenvalue weighted by Crippen LogP contribution is -2.33. The summed E-state index contributed by atoms with van der Waals surface area (Å²) in [4.78, 5) is 27.5. The second-order valence-corrected chi connectivity index (χ2v) is 11.4. The molecule has 2 unspecified atom stereocenters. The SMILES string of the molecule is CC(=O)OC(C/C=C\CCC[C@H](C)[C@H](C)[C@@H](C)C(C)C(C)(C)C=O)/C(C)=C/c1csc(C)n1. The molecule has 1 rings (SSSR count). The third-order valence-corrected chi connectivity index (χ3v) is 8.16. The van der Waals surface area contributed by atoms with Gasteiger partial charge in [-0.05, 0) is 62.0 Å². The van der Waals surface area contributed by atoms with Gasteiger partial charge in [0.2, 0.25) is 0 Å². The number of allylic oxidation sites excluding steroid dienone is 1. The number of aromatic nitrogens is 1.